The summed E-state index contributed by atoms with van der Waals surface area (Å²) in [6.45, 7) is 5.41. The van der Waals surface area contributed by atoms with Crippen molar-refractivity contribution in [1.82, 2.24) is 29.3 Å². The number of hydrogen-bond donors (Lipinski definition) is 0. The van der Waals surface area contributed by atoms with Crippen molar-refractivity contribution in [2.24, 2.45) is 7.05 Å². The summed E-state index contributed by atoms with van der Waals surface area (Å²) in [5.74, 6) is 0.584. The lowest BCUT2D eigenvalue weighted by Gasteiger charge is -2.21. The molecule has 4 heterocycles. The number of rotatable bonds is 4. The summed E-state index contributed by atoms with van der Waals surface area (Å²) in [6, 6.07) is 6.28. The molecular formula is C26H30F2N6O. The number of aromatic nitrogens is 6. The number of halogens is 2. The number of imidazole rings is 1. The fraction of sp³-hybridized carbons (Fsp3) is 0.462. The molecule has 0 N–H and O–H groups in total. The molecule has 2 fully saturated rings. The van der Waals surface area contributed by atoms with Crippen LogP contribution >= 0.6 is 0 Å². The number of benzene rings is 1. The predicted molar refractivity (Wildman–Crippen MR) is 129 cm³/mol. The van der Waals surface area contributed by atoms with Crippen LogP contribution in [-0.4, -0.2) is 42.5 Å². The molecule has 1 saturated heterocycles. The molecule has 2 aliphatic rings. The zero-order chi connectivity index (χ0) is 24.5. The Kier molecular flexibility index (Phi) is 6.60. The van der Waals surface area contributed by atoms with Gasteiger partial charge in [0.05, 0.1) is 6.04 Å². The molecule has 1 saturated carbocycles. The van der Waals surface area contributed by atoms with E-state index >= 15 is 0 Å². The molecule has 7 nitrogen and oxygen atoms in total. The van der Waals surface area contributed by atoms with E-state index in [1.165, 1.54) is 25.0 Å². The van der Waals surface area contributed by atoms with Crippen LogP contribution in [-0.2, 0) is 11.8 Å². The van der Waals surface area contributed by atoms with Crippen LogP contribution in [0.3, 0.4) is 0 Å². The van der Waals surface area contributed by atoms with Crippen molar-refractivity contribution in [3.63, 3.8) is 0 Å². The maximum Gasteiger partial charge on any atom is 0.181 e. The highest BCUT2D eigenvalue weighted by molar-refractivity contribution is 5.88. The van der Waals surface area contributed by atoms with Crippen molar-refractivity contribution in [1.29, 1.82) is 0 Å². The summed E-state index contributed by atoms with van der Waals surface area (Å²) < 4.78 is 37.4. The second-order valence-corrected chi connectivity index (χ2v) is 9.51. The number of fused-ring (bicyclic) bond motifs is 1. The molecule has 3 aromatic heterocycles. The first-order valence-corrected chi connectivity index (χ1v) is 12.2. The third-order valence-corrected chi connectivity index (χ3v) is 6.52. The van der Waals surface area contributed by atoms with Gasteiger partial charge in [0.15, 0.2) is 5.65 Å². The molecule has 0 amide bonds. The summed E-state index contributed by atoms with van der Waals surface area (Å²) in [5, 5.41) is 4.09. The van der Waals surface area contributed by atoms with E-state index in [2.05, 4.69) is 10.1 Å². The lowest BCUT2D eigenvalue weighted by Crippen LogP contribution is -2.17. The third kappa shape index (κ3) is 4.96. The Morgan fingerprint density at radius 1 is 1.03 bits per heavy atom. The highest BCUT2D eigenvalue weighted by atomic mass is 19.1. The van der Waals surface area contributed by atoms with Crippen LogP contribution in [0.2, 0.25) is 0 Å². The highest BCUT2D eigenvalue weighted by Crippen LogP contribution is 2.34. The summed E-state index contributed by atoms with van der Waals surface area (Å²) in [6.07, 6.45) is 8.14. The van der Waals surface area contributed by atoms with Crippen molar-refractivity contribution in [3.05, 3.63) is 59.9 Å². The van der Waals surface area contributed by atoms with Crippen LogP contribution in [0.25, 0.3) is 22.4 Å². The Hall–Kier alpha value is -3.20. The van der Waals surface area contributed by atoms with Crippen LogP contribution in [0.5, 0.6) is 0 Å². The van der Waals surface area contributed by atoms with E-state index in [9.17, 15) is 8.78 Å². The minimum atomic E-state index is -0.639. The minimum absolute atomic E-state index is 0.148. The number of hydrogen-bond acceptors (Lipinski definition) is 5. The predicted octanol–water partition coefficient (Wildman–Crippen LogP) is 5.54. The SMILES string of the molecule is CC(C)c1nc2nc(C3CCOCC3)nc(-c3ccc(F)cc3F)c2n1C.c1cnn(C2CC2)c1. The molecule has 35 heavy (non-hydrogen) atoms. The normalized spacial score (nSPS) is 16.5. The molecule has 0 atom stereocenters. The smallest absolute Gasteiger partial charge is 0.181 e. The molecule has 0 unspecified atom stereocenters. The van der Waals surface area contributed by atoms with Gasteiger partial charge in [0.2, 0.25) is 0 Å². The van der Waals surface area contributed by atoms with E-state index in [0.717, 1.165) is 30.8 Å². The van der Waals surface area contributed by atoms with Gasteiger partial charge in [-0.2, -0.15) is 5.10 Å². The van der Waals surface area contributed by atoms with Gasteiger partial charge >= 0.3 is 0 Å². The first-order valence-electron chi connectivity index (χ1n) is 12.2. The van der Waals surface area contributed by atoms with Crippen LogP contribution in [0.1, 0.15) is 69.1 Å². The van der Waals surface area contributed by atoms with Gasteiger partial charge < -0.3 is 9.30 Å². The molecule has 6 rings (SSSR count). The van der Waals surface area contributed by atoms with Gasteiger partial charge in [0.1, 0.15) is 34.5 Å². The molecule has 0 spiro atoms. The second-order valence-electron chi connectivity index (χ2n) is 9.51. The first-order chi connectivity index (χ1) is 16.9. The quantitative estimate of drug-likeness (QED) is 0.383. The molecule has 0 radical (unpaired) electrons. The van der Waals surface area contributed by atoms with Crippen molar-refractivity contribution >= 4 is 11.2 Å². The number of ether oxygens (including phenoxy) is 1. The van der Waals surface area contributed by atoms with Crippen molar-refractivity contribution in [2.45, 2.75) is 57.4 Å². The van der Waals surface area contributed by atoms with Crippen LogP contribution < -0.4 is 0 Å². The molecule has 1 aromatic carbocycles. The maximum atomic E-state index is 14.6. The van der Waals surface area contributed by atoms with E-state index in [1.54, 1.807) is 0 Å². The Labute approximate surface area is 203 Å². The molecule has 4 aromatic rings. The van der Waals surface area contributed by atoms with E-state index < -0.39 is 11.6 Å². The van der Waals surface area contributed by atoms with Gasteiger partial charge in [-0.3, -0.25) is 4.68 Å². The van der Waals surface area contributed by atoms with Gasteiger partial charge in [-0.1, -0.05) is 13.8 Å². The Morgan fingerprint density at radius 3 is 2.43 bits per heavy atom. The highest BCUT2D eigenvalue weighted by Gasteiger charge is 2.25. The van der Waals surface area contributed by atoms with E-state index in [0.29, 0.717) is 35.9 Å². The number of aryl methyl sites for hydroxylation is 1. The second kappa shape index (κ2) is 9.81. The average Bonchev–Trinajstić information content (AvgIpc) is 3.44. The van der Waals surface area contributed by atoms with Crippen molar-refractivity contribution in [3.8, 4) is 11.3 Å². The zero-order valence-electron chi connectivity index (χ0n) is 20.3. The molecule has 1 aliphatic carbocycles. The summed E-state index contributed by atoms with van der Waals surface area (Å²) in [7, 11) is 1.88. The van der Waals surface area contributed by atoms with Gasteiger partial charge in [-0.25, -0.2) is 23.7 Å². The minimum Gasteiger partial charge on any atom is -0.381 e. The molecule has 9 heteroatoms. The zero-order valence-corrected chi connectivity index (χ0v) is 20.3. The molecule has 184 valence electrons. The van der Waals surface area contributed by atoms with Gasteiger partial charge in [-0.15, -0.1) is 0 Å². The Morgan fingerprint density at radius 2 is 1.80 bits per heavy atom. The molecule has 0 bridgehead atoms. The fourth-order valence-electron chi connectivity index (χ4n) is 4.50. The van der Waals surface area contributed by atoms with Gasteiger partial charge in [0, 0.05) is 56.1 Å². The van der Waals surface area contributed by atoms with Crippen molar-refractivity contribution in [2.75, 3.05) is 13.2 Å². The summed E-state index contributed by atoms with van der Waals surface area (Å²) in [4.78, 5) is 14.1. The summed E-state index contributed by atoms with van der Waals surface area (Å²) in [5.41, 5.74) is 1.94. The number of nitrogens with zero attached hydrogens (tertiary/aromatic N) is 6. The monoisotopic (exact) mass is 480 g/mol. The maximum absolute atomic E-state index is 14.6. The van der Waals surface area contributed by atoms with Crippen LogP contribution in [0.15, 0.2) is 36.7 Å². The summed E-state index contributed by atoms with van der Waals surface area (Å²) >= 11 is 0. The van der Waals surface area contributed by atoms with Crippen LogP contribution in [0, 0.1) is 11.6 Å². The largest absolute Gasteiger partial charge is 0.381 e. The topological polar surface area (TPSA) is 70.7 Å². The van der Waals surface area contributed by atoms with Gasteiger partial charge in [0.25, 0.3) is 0 Å². The standard InChI is InChI=1S/C20H22F2N4O.C6H8N2/c1-11(2)20-25-19-17(26(20)3)16(14-5-4-13(21)10-15(14)22)23-18(24-19)12-6-8-27-9-7-12;1-4-7-8(5-1)6-2-3-6/h4-5,10-12H,6-9H2,1-3H3;1,4-6H,2-3H2. The van der Waals surface area contributed by atoms with E-state index in [4.69, 9.17) is 14.7 Å². The van der Waals surface area contributed by atoms with Crippen molar-refractivity contribution < 1.29 is 13.5 Å². The molecular weight excluding hydrogens is 450 g/mol. The van der Waals surface area contributed by atoms with E-state index in [1.807, 2.05) is 48.6 Å². The first kappa shape index (κ1) is 23.5. The average molecular weight is 481 g/mol. The third-order valence-electron chi connectivity index (χ3n) is 6.52. The van der Waals surface area contributed by atoms with Crippen LogP contribution in [0.4, 0.5) is 8.78 Å². The lowest BCUT2D eigenvalue weighted by molar-refractivity contribution is 0.0836. The molecule has 1 aliphatic heterocycles. The van der Waals surface area contributed by atoms with E-state index in [-0.39, 0.29) is 17.4 Å². The van der Waals surface area contributed by atoms with Gasteiger partial charge in [-0.05, 0) is 43.9 Å². The Balaban J connectivity index is 0.000000265. The lowest BCUT2D eigenvalue weighted by atomic mass is 9.99. The fourth-order valence-corrected chi connectivity index (χ4v) is 4.50. The Bertz CT molecular complexity index is 1310.